The predicted molar refractivity (Wildman–Crippen MR) is 125 cm³/mol. The molecular formula is C23H38N4O7. The molecule has 0 heterocycles. The van der Waals surface area contributed by atoms with E-state index in [2.05, 4.69) is 16.1 Å². The first kappa shape index (κ1) is 29.3. The number of carbonyl (C=O) groups excluding carboxylic acids is 3. The van der Waals surface area contributed by atoms with E-state index in [4.69, 9.17) is 24.8 Å². The number of hydroxylamine groups is 1. The highest BCUT2D eigenvalue weighted by Gasteiger charge is 2.19. The van der Waals surface area contributed by atoms with Crippen LogP contribution in [0, 0.1) is 0 Å². The molecule has 3 amide bonds. The maximum Gasteiger partial charge on any atom is 0.407 e. The summed E-state index contributed by atoms with van der Waals surface area (Å²) in [6.07, 6.45) is -0.226. The Morgan fingerprint density at radius 1 is 0.941 bits per heavy atom. The Kier molecular flexibility index (Phi) is 14.5. The standard InChI is InChI=1S/C23H38N4O7/c1-23(2,3)34-22(30)26-12-14-32-16-15-31-13-11-25-21(29)19(9-10-20(24)28)27-33-17-18-7-5-4-6-8-18/h4-8,19,27H,9-17H2,1-3H3,(H2,24,28)(H,25,29)(H,26,30). The van der Waals surface area contributed by atoms with Crippen molar-refractivity contribution >= 4 is 17.9 Å². The maximum atomic E-state index is 12.4. The zero-order valence-corrected chi connectivity index (χ0v) is 20.3. The van der Waals surface area contributed by atoms with Crippen LogP contribution in [0.2, 0.25) is 0 Å². The van der Waals surface area contributed by atoms with Crippen molar-refractivity contribution in [3.05, 3.63) is 35.9 Å². The van der Waals surface area contributed by atoms with Crippen molar-refractivity contribution < 1.29 is 33.4 Å². The first-order chi connectivity index (χ1) is 16.2. The van der Waals surface area contributed by atoms with Crippen LogP contribution in [0.25, 0.3) is 0 Å². The average molecular weight is 483 g/mol. The number of carbonyl (C=O) groups is 3. The van der Waals surface area contributed by atoms with Crippen LogP contribution in [0.5, 0.6) is 0 Å². The van der Waals surface area contributed by atoms with Gasteiger partial charge in [0.25, 0.3) is 0 Å². The maximum absolute atomic E-state index is 12.4. The van der Waals surface area contributed by atoms with E-state index in [1.54, 1.807) is 20.8 Å². The molecule has 192 valence electrons. The zero-order chi connectivity index (χ0) is 25.2. The molecule has 0 saturated carbocycles. The fraction of sp³-hybridized carbons (Fsp3) is 0.609. The molecule has 0 aliphatic carbocycles. The van der Waals surface area contributed by atoms with Gasteiger partial charge in [0.05, 0.1) is 33.0 Å². The SMILES string of the molecule is CC(C)(C)OC(=O)NCCOCCOCCNC(=O)C(CCC(N)=O)NOCc1ccccc1. The topological polar surface area (TPSA) is 150 Å². The summed E-state index contributed by atoms with van der Waals surface area (Å²) in [4.78, 5) is 40.4. The Morgan fingerprint density at radius 2 is 1.56 bits per heavy atom. The van der Waals surface area contributed by atoms with Crippen molar-refractivity contribution in [2.24, 2.45) is 5.73 Å². The van der Waals surface area contributed by atoms with Crippen LogP contribution in [-0.2, 0) is 35.2 Å². The molecule has 1 rings (SSSR count). The third kappa shape index (κ3) is 16.0. The highest BCUT2D eigenvalue weighted by molar-refractivity contribution is 5.82. The molecule has 1 aromatic rings. The summed E-state index contributed by atoms with van der Waals surface area (Å²) in [5.41, 5.74) is 8.31. The van der Waals surface area contributed by atoms with Crippen LogP contribution in [0.4, 0.5) is 4.79 Å². The van der Waals surface area contributed by atoms with Gasteiger partial charge in [-0.25, -0.2) is 4.79 Å². The van der Waals surface area contributed by atoms with E-state index in [-0.39, 0.29) is 31.9 Å². The molecule has 34 heavy (non-hydrogen) atoms. The highest BCUT2D eigenvalue weighted by atomic mass is 16.6. The summed E-state index contributed by atoms with van der Waals surface area (Å²) in [7, 11) is 0. The van der Waals surface area contributed by atoms with Gasteiger partial charge in [-0.1, -0.05) is 30.3 Å². The molecule has 0 spiro atoms. The predicted octanol–water partition coefficient (Wildman–Crippen LogP) is 1.02. The Hall–Kier alpha value is -2.73. The number of nitrogens with one attached hydrogen (secondary N) is 3. The number of rotatable bonds is 17. The average Bonchev–Trinajstić information content (AvgIpc) is 2.76. The monoisotopic (exact) mass is 482 g/mol. The molecule has 1 aromatic carbocycles. The second-order valence-corrected chi connectivity index (χ2v) is 8.39. The van der Waals surface area contributed by atoms with Crippen LogP contribution in [0.3, 0.4) is 0 Å². The van der Waals surface area contributed by atoms with E-state index in [0.717, 1.165) is 5.56 Å². The number of benzene rings is 1. The van der Waals surface area contributed by atoms with Crippen LogP contribution >= 0.6 is 0 Å². The second-order valence-electron chi connectivity index (χ2n) is 8.39. The van der Waals surface area contributed by atoms with Gasteiger partial charge in [-0.2, -0.15) is 5.48 Å². The van der Waals surface area contributed by atoms with E-state index < -0.39 is 23.6 Å². The fourth-order valence-corrected chi connectivity index (χ4v) is 2.56. The number of hydrogen-bond donors (Lipinski definition) is 4. The van der Waals surface area contributed by atoms with Gasteiger partial charge in [0, 0.05) is 19.5 Å². The van der Waals surface area contributed by atoms with Crippen molar-refractivity contribution in [1.82, 2.24) is 16.1 Å². The zero-order valence-electron chi connectivity index (χ0n) is 20.3. The van der Waals surface area contributed by atoms with Crippen molar-refractivity contribution in [1.29, 1.82) is 0 Å². The van der Waals surface area contributed by atoms with Crippen molar-refractivity contribution in [2.75, 3.05) is 39.5 Å². The Labute approximate surface area is 201 Å². The van der Waals surface area contributed by atoms with Crippen LogP contribution in [0.1, 0.15) is 39.2 Å². The van der Waals surface area contributed by atoms with Gasteiger partial charge in [0.15, 0.2) is 0 Å². The summed E-state index contributed by atoms with van der Waals surface area (Å²) in [6.45, 7) is 7.57. The van der Waals surface area contributed by atoms with Gasteiger partial charge in [-0.15, -0.1) is 0 Å². The number of alkyl carbamates (subject to hydrolysis) is 1. The molecular weight excluding hydrogens is 444 g/mol. The van der Waals surface area contributed by atoms with Crippen LogP contribution in [0.15, 0.2) is 30.3 Å². The second kappa shape index (κ2) is 16.8. The van der Waals surface area contributed by atoms with Gasteiger partial charge >= 0.3 is 6.09 Å². The van der Waals surface area contributed by atoms with E-state index in [9.17, 15) is 14.4 Å². The molecule has 0 radical (unpaired) electrons. The van der Waals surface area contributed by atoms with Crippen LogP contribution < -0.4 is 21.8 Å². The summed E-state index contributed by atoms with van der Waals surface area (Å²) in [6, 6.07) is 8.76. The van der Waals surface area contributed by atoms with E-state index in [1.807, 2.05) is 30.3 Å². The third-order valence-electron chi connectivity index (χ3n) is 4.14. The molecule has 0 saturated heterocycles. The largest absolute Gasteiger partial charge is 0.444 e. The van der Waals surface area contributed by atoms with Crippen molar-refractivity contribution in [3.63, 3.8) is 0 Å². The number of nitrogens with two attached hydrogens (primary N) is 1. The molecule has 11 nitrogen and oxygen atoms in total. The number of hydrogen-bond acceptors (Lipinski definition) is 8. The third-order valence-corrected chi connectivity index (χ3v) is 4.14. The lowest BCUT2D eigenvalue weighted by Gasteiger charge is -2.19. The van der Waals surface area contributed by atoms with Crippen molar-refractivity contribution in [3.8, 4) is 0 Å². The summed E-state index contributed by atoms with van der Waals surface area (Å²) >= 11 is 0. The van der Waals surface area contributed by atoms with Crippen LogP contribution in [-0.4, -0.2) is 69.1 Å². The molecule has 1 unspecified atom stereocenters. The lowest BCUT2D eigenvalue weighted by molar-refractivity contribution is -0.129. The summed E-state index contributed by atoms with van der Waals surface area (Å²) < 4.78 is 15.9. The fourth-order valence-electron chi connectivity index (χ4n) is 2.56. The minimum absolute atomic E-state index is 0.0520. The van der Waals surface area contributed by atoms with Gasteiger partial charge in [-0.3, -0.25) is 14.4 Å². The molecule has 0 aliphatic heterocycles. The molecule has 11 heteroatoms. The number of primary amides is 1. The molecule has 0 aromatic heterocycles. The molecule has 5 N–H and O–H groups in total. The van der Waals surface area contributed by atoms with E-state index in [1.165, 1.54) is 0 Å². The van der Waals surface area contributed by atoms with E-state index in [0.29, 0.717) is 33.0 Å². The van der Waals surface area contributed by atoms with Gasteiger partial charge < -0.3 is 30.6 Å². The Bertz CT molecular complexity index is 726. The van der Waals surface area contributed by atoms with Gasteiger partial charge in [0.1, 0.15) is 11.6 Å². The lowest BCUT2D eigenvalue weighted by Crippen LogP contribution is -2.45. The Balaban J connectivity index is 2.13. The normalized spacial score (nSPS) is 12.1. The minimum Gasteiger partial charge on any atom is -0.444 e. The quantitative estimate of drug-likeness (QED) is 0.190. The summed E-state index contributed by atoms with van der Waals surface area (Å²) in [5, 5.41) is 5.33. The summed E-state index contributed by atoms with van der Waals surface area (Å²) in [5.74, 6) is -0.810. The Morgan fingerprint density at radius 3 is 2.15 bits per heavy atom. The van der Waals surface area contributed by atoms with Gasteiger partial charge in [0.2, 0.25) is 11.8 Å². The first-order valence-corrected chi connectivity index (χ1v) is 11.3. The molecule has 0 aliphatic rings. The molecule has 0 fully saturated rings. The highest BCUT2D eigenvalue weighted by Crippen LogP contribution is 2.06. The van der Waals surface area contributed by atoms with Gasteiger partial charge in [-0.05, 0) is 32.8 Å². The molecule has 1 atom stereocenters. The first-order valence-electron chi connectivity index (χ1n) is 11.3. The number of ether oxygens (including phenoxy) is 3. The van der Waals surface area contributed by atoms with Crippen molar-refractivity contribution in [2.45, 2.75) is 51.9 Å². The van der Waals surface area contributed by atoms with E-state index >= 15 is 0 Å². The smallest absolute Gasteiger partial charge is 0.407 e. The minimum atomic E-state index is -0.725. The molecule has 0 bridgehead atoms. The number of amides is 3. The lowest BCUT2D eigenvalue weighted by atomic mass is 10.1.